The van der Waals surface area contributed by atoms with Crippen LogP contribution in [-0.2, 0) is 32.7 Å². The van der Waals surface area contributed by atoms with Crippen molar-refractivity contribution in [2.24, 2.45) is 5.73 Å². The number of carbonyl (C=O) groups excluding carboxylic acids is 2. The lowest BCUT2D eigenvalue weighted by molar-refractivity contribution is -0.161. The fraction of sp³-hybridized carbons (Fsp3) is 0.538. The van der Waals surface area contributed by atoms with Gasteiger partial charge in [-0.3, -0.25) is 18.6 Å². The number of esters is 2. The zero-order chi connectivity index (χ0) is 54.5. The number of allylic oxidation sites excluding steroid dienone is 28. The summed E-state index contributed by atoms with van der Waals surface area (Å²) in [6.45, 7) is 3.43. The molecule has 0 heterocycles. The van der Waals surface area contributed by atoms with Crippen LogP contribution >= 0.6 is 7.82 Å². The molecule has 0 fully saturated rings. The lowest BCUT2D eigenvalue weighted by Crippen LogP contribution is -2.29. The van der Waals surface area contributed by atoms with Gasteiger partial charge < -0.3 is 20.1 Å². The Morgan fingerprint density at radius 3 is 1.04 bits per heavy atom. The molecule has 2 atom stereocenters. The molecule has 75 heavy (non-hydrogen) atoms. The molecule has 3 N–H and O–H groups in total. The molecule has 10 heteroatoms. The minimum absolute atomic E-state index is 0.0366. The highest BCUT2D eigenvalue weighted by Gasteiger charge is 2.26. The van der Waals surface area contributed by atoms with Crippen molar-refractivity contribution >= 4 is 19.8 Å². The summed E-state index contributed by atoms with van der Waals surface area (Å²) in [5.41, 5.74) is 5.37. The van der Waals surface area contributed by atoms with Gasteiger partial charge in [-0.2, -0.15) is 0 Å². The number of nitrogens with two attached hydrogens (primary N) is 1. The minimum Gasteiger partial charge on any atom is -0.462 e. The van der Waals surface area contributed by atoms with Gasteiger partial charge in [0, 0.05) is 19.4 Å². The number of ether oxygens (including phenoxy) is 2. The molecule has 0 aromatic rings. The van der Waals surface area contributed by atoms with Crippen molar-refractivity contribution in [3.05, 3.63) is 170 Å². The minimum atomic E-state index is -4.41. The number of unbranched alkanes of at least 4 members (excludes halogenated alkanes) is 10. The molecule has 0 aliphatic heterocycles. The number of rotatable bonds is 51. The van der Waals surface area contributed by atoms with Gasteiger partial charge in [-0.05, 0) is 128 Å². The molecule has 9 nitrogen and oxygen atoms in total. The second-order valence-electron chi connectivity index (χ2n) is 18.0. The Labute approximate surface area is 457 Å². The molecule has 2 unspecified atom stereocenters. The summed E-state index contributed by atoms with van der Waals surface area (Å²) >= 11 is 0. The zero-order valence-electron chi connectivity index (χ0n) is 46.7. The van der Waals surface area contributed by atoms with Crippen molar-refractivity contribution < 1.29 is 37.6 Å². The van der Waals surface area contributed by atoms with Crippen LogP contribution in [0.4, 0.5) is 0 Å². The Bertz CT molecular complexity index is 1820. The monoisotopic (exact) mass is 1060 g/mol. The Morgan fingerprint density at radius 1 is 0.400 bits per heavy atom. The Kier molecular flexibility index (Phi) is 55.0. The van der Waals surface area contributed by atoms with Crippen molar-refractivity contribution in [3.8, 4) is 0 Å². The summed E-state index contributed by atoms with van der Waals surface area (Å²) in [5, 5.41) is 0. The second-order valence-corrected chi connectivity index (χ2v) is 19.5. The zero-order valence-corrected chi connectivity index (χ0v) is 47.6. The highest BCUT2D eigenvalue weighted by atomic mass is 31.2. The van der Waals surface area contributed by atoms with Crippen molar-refractivity contribution in [3.63, 3.8) is 0 Å². The van der Waals surface area contributed by atoms with E-state index < -0.39 is 32.5 Å². The molecule has 0 saturated carbocycles. The Balaban J connectivity index is 4.11. The largest absolute Gasteiger partial charge is 0.472 e. The molecule has 0 aromatic carbocycles. The third-order valence-corrected chi connectivity index (χ3v) is 12.1. The van der Waals surface area contributed by atoms with Crippen LogP contribution in [0.15, 0.2) is 170 Å². The molecule has 0 radical (unpaired) electrons. The standard InChI is InChI=1S/C65H102NO8P/c1-3-5-7-9-11-13-15-17-19-21-23-24-25-26-27-28-29-30-31-32-33-34-35-36-37-38-40-42-44-46-48-50-52-54-56-58-65(68)74-63(62-73-75(69,70)72-60-59-66)61-71-64(67)57-55-53-51-49-47-45-43-41-39-22-20-18-16-14-12-10-8-6-4-2/h5-8,11-14,17-20,23-24,26-27,29-30,32-33,35-36,38-41,45,47,63H,3-4,9-10,15-16,21-22,25,28,31,34,37,42-44,46,48-62,66H2,1-2H3,(H,69,70)/b7-5-,8-6-,13-11-,14-12-,19-17-,20-18-,24-23-,27-26-,30-29-,33-32-,36-35-,40-38-,41-39-,47-45-. The van der Waals surface area contributed by atoms with E-state index in [0.29, 0.717) is 12.8 Å². The number of hydrogen-bond donors (Lipinski definition) is 2. The molecule has 0 saturated heterocycles. The first-order valence-electron chi connectivity index (χ1n) is 28.6. The van der Waals surface area contributed by atoms with Crippen LogP contribution in [0.3, 0.4) is 0 Å². The topological polar surface area (TPSA) is 134 Å². The maximum atomic E-state index is 12.7. The molecular weight excluding hydrogens is 954 g/mol. The van der Waals surface area contributed by atoms with E-state index in [0.717, 1.165) is 141 Å². The van der Waals surface area contributed by atoms with E-state index in [-0.39, 0.29) is 32.6 Å². The first-order chi connectivity index (χ1) is 36.8. The first-order valence-corrected chi connectivity index (χ1v) is 30.1. The van der Waals surface area contributed by atoms with Crippen molar-refractivity contribution in [2.45, 2.75) is 200 Å². The third-order valence-electron chi connectivity index (χ3n) is 11.1. The molecule has 420 valence electrons. The average Bonchev–Trinajstić information content (AvgIpc) is 3.40. The molecule has 0 aliphatic rings. The predicted octanol–water partition coefficient (Wildman–Crippen LogP) is 18.3. The number of hydrogen-bond acceptors (Lipinski definition) is 8. The van der Waals surface area contributed by atoms with Crippen LogP contribution in [0.1, 0.15) is 194 Å². The molecule has 0 bridgehead atoms. The van der Waals surface area contributed by atoms with Gasteiger partial charge in [0.05, 0.1) is 13.2 Å². The molecule has 0 spiro atoms. The van der Waals surface area contributed by atoms with Crippen molar-refractivity contribution in [1.29, 1.82) is 0 Å². The van der Waals surface area contributed by atoms with Crippen LogP contribution in [0.5, 0.6) is 0 Å². The van der Waals surface area contributed by atoms with Gasteiger partial charge in [0.2, 0.25) is 0 Å². The van der Waals surface area contributed by atoms with E-state index >= 15 is 0 Å². The quantitative estimate of drug-likeness (QED) is 0.0264. The number of phosphoric acid groups is 1. The van der Waals surface area contributed by atoms with Gasteiger partial charge in [-0.15, -0.1) is 0 Å². The SMILES string of the molecule is CC/C=C\C/C=C\C/C=C\C/C=C\C/C=C\C/C=C\C/C=C\C/C=C\C/C=C\CCCCCCCCCC(=O)OC(COC(=O)CCCCC/C=C\C/C=C\C/C=C\C/C=C\C/C=C\CC)COP(=O)(O)OCCN. The molecule has 0 aliphatic carbocycles. The van der Waals surface area contributed by atoms with Crippen LogP contribution in [-0.4, -0.2) is 49.3 Å². The fourth-order valence-corrected chi connectivity index (χ4v) is 7.71. The highest BCUT2D eigenvalue weighted by Crippen LogP contribution is 2.43. The smallest absolute Gasteiger partial charge is 0.462 e. The summed E-state index contributed by atoms with van der Waals surface area (Å²) < 4.78 is 32.9. The maximum absolute atomic E-state index is 12.7. The number of phosphoric ester groups is 1. The Morgan fingerprint density at radius 2 is 0.693 bits per heavy atom. The van der Waals surface area contributed by atoms with E-state index in [2.05, 4.69) is 184 Å². The maximum Gasteiger partial charge on any atom is 0.472 e. The highest BCUT2D eigenvalue weighted by molar-refractivity contribution is 7.47. The Hall–Kier alpha value is -4.63. The molecule has 0 aromatic heterocycles. The van der Waals surface area contributed by atoms with Crippen LogP contribution in [0, 0.1) is 0 Å². The van der Waals surface area contributed by atoms with E-state index in [1.807, 2.05) is 0 Å². The lowest BCUT2D eigenvalue weighted by atomic mass is 10.1. The van der Waals surface area contributed by atoms with Gasteiger partial charge in [-0.25, -0.2) is 4.57 Å². The van der Waals surface area contributed by atoms with Crippen LogP contribution < -0.4 is 5.73 Å². The summed E-state index contributed by atoms with van der Waals surface area (Å²) in [6.07, 6.45) is 86.9. The second kappa shape index (κ2) is 58.6. The molecular formula is C65H102NO8P. The van der Waals surface area contributed by atoms with E-state index in [1.54, 1.807) is 0 Å². The fourth-order valence-electron chi connectivity index (χ4n) is 6.95. The van der Waals surface area contributed by atoms with E-state index in [4.69, 9.17) is 24.3 Å². The van der Waals surface area contributed by atoms with Gasteiger partial charge in [0.1, 0.15) is 6.61 Å². The van der Waals surface area contributed by atoms with E-state index in [9.17, 15) is 19.0 Å². The lowest BCUT2D eigenvalue weighted by Gasteiger charge is -2.19. The summed E-state index contributed by atoms with van der Waals surface area (Å²) in [5.74, 6) is -0.894. The first kappa shape index (κ1) is 70.4. The summed E-state index contributed by atoms with van der Waals surface area (Å²) in [6, 6.07) is 0. The van der Waals surface area contributed by atoms with Gasteiger partial charge in [-0.1, -0.05) is 223 Å². The molecule has 0 rings (SSSR count). The van der Waals surface area contributed by atoms with Gasteiger partial charge in [0.25, 0.3) is 0 Å². The van der Waals surface area contributed by atoms with Crippen molar-refractivity contribution in [1.82, 2.24) is 0 Å². The van der Waals surface area contributed by atoms with Crippen molar-refractivity contribution in [2.75, 3.05) is 26.4 Å². The van der Waals surface area contributed by atoms with Crippen LogP contribution in [0.25, 0.3) is 0 Å². The summed E-state index contributed by atoms with van der Waals surface area (Å²) in [7, 11) is -4.41. The normalized spacial score (nSPS) is 14.3. The molecule has 0 amide bonds. The third kappa shape index (κ3) is 58.5. The van der Waals surface area contributed by atoms with E-state index in [1.165, 1.54) is 12.8 Å². The predicted molar refractivity (Wildman–Crippen MR) is 320 cm³/mol. The summed E-state index contributed by atoms with van der Waals surface area (Å²) in [4.78, 5) is 35.1. The van der Waals surface area contributed by atoms with Gasteiger partial charge in [0.15, 0.2) is 6.10 Å². The average molecular weight is 1060 g/mol. The van der Waals surface area contributed by atoms with Gasteiger partial charge >= 0.3 is 19.8 Å². The van der Waals surface area contributed by atoms with Crippen LogP contribution in [0.2, 0.25) is 0 Å². The number of carbonyl (C=O) groups is 2.